The molecule has 1 amide bonds. The summed E-state index contributed by atoms with van der Waals surface area (Å²) in [6.07, 6.45) is 2.74. The molecule has 0 spiro atoms. The lowest BCUT2D eigenvalue weighted by atomic mass is 10.1. The molecule has 2 saturated heterocycles. The van der Waals surface area contributed by atoms with Crippen molar-refractivity contribution in [1.29, 1.82) is 0 Å². The number of aromatic nitrogens is 3. The predicted octanol–water partition coefficient (Wildman–Crippen LogP) is 3.60. The first kappa shape index (κ1) is 24.8. The molecule has 11 heteroatoms. The van der Waals surface area contributed by atoms with Gasteiger partial charge in [-0.25, -0.2) is 9.67 Å². The zero-order chi connectivity index (χ0) is 25.1. The summed E-state index contributed by atoms with van der Waals surface area (Å²) in [4.78, 5) is 19.7. The Hall–Kier alpha value is -2.85. The Bertz CT molecular complexity index is 1190. The highest BCUT2D eigenvalue weighted by atomic mass is 35.5. The average Bonchev–Trinajstić information content (AvgIpc) is 3.54. The lowest BCUT2D eigenvalue weighted by Gasteiger charge is -2.35. The number of nitrogens with zero attached hydrogens (tertiary/aromatic N) is 5. The Kier molecular flexibility index (Phi) is 7.34. The second-order valence-electron chi connectivity index (χ2n) is 8.82. The van der Waals surface area contributed by atoms with Crippen LogP contribution in [0, 0.1) is 0 Å². The molecular formula is C25H27Cl2N5O4. The highest BCUT2D eigenvalue weighted by molar-refractivity contribution is 6.35. The van der Waals surface area contributed by atoms with Gasteiger partial charge in [-0.15, -0.1) is 0 Å². The SMILES string of the molecule is CC(=O)N1CCN(c2ccc(OCC3COC(Cn4cncn4)(c4ccc(Cl)cc4Cl)O3)cc2)CC1. The second kappa shape index (κ2) is 10.6. The van der Waals surface area contributed by atoms with Crippen molar-refractivity contribution in [2.24, 2.45) is 0 Å². The molecule has 3 aromatic rings. The zero-order valence-corrected chi connectivity index (χ0v) is 21.4. The number of anilines is 1. The fraction of sp³-hybridized carbons (Fsp3) is 0.400. The van der Waals surface area contributed by atoms with E-state index in [1.165, 1.54) is 6.33 Å². The van der Waals surface area contributed by atoms with Crippen molar-refractivity contribution in [3.05, 3.63) is 70.7 Å². The molecule has 9 nitrogen and oxygen atoms in total. The van der Waals surface area contributed by atoms with Crippen molar-refractivity contribution in [1.82, 2.24) is 19.7 Å². The Labute approximate surface area is 219 Å². The van der Waals surface area contributed by atoms with Crippen LogP contribution in [0.3, 0.4) is 0 Å². The molecule has 0 bridgehead atoms. The summed E-state index contributed by atoms with van der Waals surface area (Å²) in [5.41, 5.74) is 1.77. The van der Waals surface area contributed by atoms with Crippen molar-refractivity contribution < 1.29 is 19.0 Å². The molecule has 2 aliphatic rings. The molecule has 0 aliphatic carbocycles. The molecule has 3 heterocycles. The summed E-state index contributed by atoms with van der Waals surface area (Å²) in [5.74, 6) is -0.280. The number of amides is 1. The topological polar surface area (TPSA) is 82.0 Å². The summed E-state index contributed by atoms with van der Waals surface area (Å²) >= 11 is 12.6. The molecule has 2 unspecified atom stereocenters. The lowest BCUT2D eigenvalue weighted by Crippen LogP contribution is -2.48. The summed E-state index contributed by atoms with van der Waals surface area (Å²) in [7, 11) is 0. The van der Waals surface area contributed by atoms with E-state index in [2.05, 4.69) is 15.0 Å². The van der Waals surface area contributed by atoms with E-state index in [4.69, 9.17) is 37.4 Å². The van der Waals surface area contributed by atoms with Crippen LogP contribution in [0.15, 0.2) is 55.1 Å². The fourth-order valence-corrected chi connectivity index (χ4v) is 5.06. The molecule has 2 aromatic carbocycles. The van der Waals surface area contributed by atoms with E-state index in [9.17, 15) is 4.79 Å². The average molecular weight is 532 g/mol. The Morgan fingerprint density at radius 1 is 1.14 bits per heavy atom. The van der Waals surface area contributed by atoms with Gasteiger partial charge in [-0.05, 0) is 36.4 Å². The maximum Gasteiger partial charge on any atom is 0.219 e. The van der Waals surface area contributed by atoms with E-state index in [1.807, 2.05) is 29.2 Å². The molecule has 36 heavy (non-hydrogen) atoms. The number of hydrogen-bond acceptors (Lipinski definition) is 7. The van der Waals surface area contributed by atoms with Gasteiger partial charge in [0.1, 0.15) is 37.7 Å². The normalized spacial score (nSPS) is 22.1. The van der Waals surface area contributed by atoms with Crippen LogP contribution in [-0.2, 0) is 26.6 Å². The van der Waals surface area contributed by atoms with Gasteiger partial charge in [0, 0.05) is 49.4 Å². The standard InChI is InChI=1S/C25H27Cl2N5O4/c1-18(33)30-8-10-31(11-9-30)20-3-5-21(6-4-20)34-13-22-14-35-25(36-22,15-32-17-28-16-29-32)23-7-2-19(26)12-24(23)27/h2-7,12,16-17,22H,8-11,13-15H2,1H3. The molecule has 5 rings (SSSR count). The molecule has 2 aliphatic heterocycles. The molecule has 190 valence electrons. The fourth-order valence-electron chi connectivity index (χ4n) is 4.50. The molecule has 1 aromatic heterocycles. The van der Waals surface area contributed by atoms with Gasteiger partial charge in [0.25, 0.3) is 0 Å². The highest BCUT2D eigenvalue weighted by Crippen LogP contribution is 2.40. The molecule has 0 N–H and O–H groups in total. The third-order valence-corrected chi connectivity index (χ3v) is 6.95. The van der Waals surface area contributed by atoms with Crippen molar-refractivity contribution in [2.75, 3.05) is 44.3 Å². The third-order valence-electron chi connectivity index (χ3n) is 6.40. The van der Waals surface area contributed by atoms with Gasteiger partial charge in [0.2, 0.25) is 11.7 Å². The zero-order valence-electron chi connectivity index (χ0n) is 19.8. The minimum absolute atomic E-state index is 0.125. The number of rotatable bonds is 7. The van der Waals surface area contributed by atoms with Crippen LogP contribution in [-0.4, -0.2) is 71.1 Å². The van der Waals surface area contributed by atoms with Gasteiger partial charge in [0.05, 0.1) is 11.6 Å². The predicted molar refractivity (Wildman–Crippen MR) is 135 cm³/mol. The highest BCUT2D eigenvalue weighted by Gasteiger charge is 2.45. The summed E-state index contributed by atoms with van der Waals surface area (Å²) in [6, 6.07) is 13.2. The van der Waals surface area contributed by atoms with Gasteiger partial charge in [-0.2, -0.15) is 5.10 Å². The summed E-state index contributed by atoms with van der Waals surface area (Å²) < 4.78 is 20.3. The Morgan fingerprint density at radius 3 is 2.58 bits per heavy atom. The first-order valence-electron chi connectivity index (χ1n) is 11.7. The lowest BCUT2D eigenvalue weighted by molar-refractivity contribution is -0.190. The number of halogens is 2. The quantitative estimate of drug-likeness (QED) is 0.460. The smallest absolute Gasteiger partial charge is 0.219 e. The number of carbonyl (C=O) groups is 1. The van der Waals surface area contributed by atoms with Crippen LogP contribution >= 0.6 is 23.2 Å². The molecular weight excluding hydrogens is 505 g/mol. The van der Waals surface area contributed by atoms with Crippen LogP contribution in [0.4, 0.5) is 5.69 Å². The van der Waals surface area contributed by atoms with Crippen molar-refractivity contribution in [2.45, 2.75) is 25.4 Å². The Balaban J connectivity index is 1.22. The van der Waals surface area contributed by atoms with Crippen LogP contribution in [0.1, 0.15) is 12.5 Å². The minimum atomic E-state index is -1.14. The van der Waals surface area contributed by atoms with Gasteiger partial charge in [-0.1, -0.05) is 29.3 Å². The monoisotopic (exact) mass is 531 g/mol. The minimum Gasteiger partial charge on any atom is -0.491 e. The maximum atomic E-state index is 11.6. The molecule has 0 saturated carbocycles. The number of benzene rings is 2. The van der Waals surface area contributed by atoms with Crippen LogP contribution in [0.25, 0.3) is 0 Å². The third kappa shape index (κ3) is 5.44. The van der Waals surface area contributed by atoms with Crippen molar-refractivity contribution >= 4 is 34.8 Å². The molecule has 2 atom stereocenters. The number of ether oxygens (including phenoxy) is 3. The number of piperazine rings is 1. The van der Waals surface area contributed by atoms with Crippen LogP contribution in [0.2, 0.25) is 10.0 Å². The second-order valence-corrected chi connectivity index (χ2v) is 9.66. The molecule has 0 radical (unpaired) electrons. The first-order valence-corrected chi connectivity index (χ1v) is 12.5. The van der Waals surface area contributed by atoms with Gasteiger partial charge in [0.15, 0.2) is 0 Å². The van der Waals surface area contributed by atoms with E-state index in [0.717, 1.165) is 37.6 Å². The van der Waals surface area contributed by atoms with E-state index in [-0.39, 0.29) is 18.6 Å². The molecule has 2 fully saturated rings. The van der Waals surface area contributed by atoms with E-state index >= 15 is 0 Å². The Morgan fingerprint density at radius 2 is 1.92 bits per heavy atom. The van der Waals surface area contributed by atoms with Gasteiger partial charge < -0.3 is 24.0 Å². The maximum absolute atomic E-state index is 11.6. The number of carbonyl (C=O) groups excluding carboxylic acids is 1. The van der Waals surface area contributed by atoms with Gasteiger partial charge in [-0.3, -0.25) is 4.79 Å². The van der Waals surface area contributed by atoms with Crippen LogP contribution in [0.5, 0.6) is 5.75 Å². The van der Waals surface area contributed by atoms with E-state index in [0.29, 0.717) is 28.8 Å². The summed E-state index contributed by atoms with van der Waals surface area (Å²) in [6.45, 7) is 5.62. The van der Waals surface area contributed by atoms with Crippen molar-refractivity contribution in [3.63, 3.8) is 0 Å². The largest absolute Gasteiger partial charge is 0.491 e. The van der Waals surface area contributed by atoms with Gasteiger partial charge >= 0.3 is 0 Å². The first-order chi connectivity index (χ1) is 17.4. The van der Waals surface area contributed by atoms with Crippen molar-refractivity contribution in [3.8, 4) is 5.75 Å². The van der Waals surface area contributed by atoms with Crippen LogP contribution < -0.4 is 9.64 Å². The van der Waals surface area contributed by atoms with E-state index in [1.54, 1.807) is 36.1 Å². The summed E-state index contributed by atoms with van der Waals surface area (Å²) in [5, 5.41) is 5.17. The van der Waals surface area contributed by atoms with E-state index < -0.39 is 5.79 Å². The number of hydrogen-bond donors (Lipinski definition) is 0.